The van der Waals surface area contributed by atoms with Crippen LogP contribution in [0.3, 0.4) is 0 Å². The van der Waals surface area contributed by atoms with Crippen molar-refractivity contribution < 1.29 is 17.2 Å². The van der Waals surface area contributed by atoms with Crippen LogP contribution in [-0.4, -0.2) is 20.6 Å². The van der Waals surface area contributed by atoms with Gasteiger partial charge in [-0.1, -0.05) is 17.7 Å². The molecule has 0 saturated carbocycles. The summed E-state index contributed by atoms with van der Waals surface area (Å²) < 4.78 is 46.8. The molecule has 1 rings (SSSR count). The number of alkyl halides is 2. The molecule has 5 heteroatoms. The molecule has 0 aliphatic rings. The quantitative estimate of drug-likeness (QED) is 0.801. The van der Waals surface area contributed by atoms with Crippen LogP contribution in [0.15, 0.2) is 29.2 Å². The number of halogens is 2. The number of sulfone groups is 1. The van der Waals surface area contributed by atoms with Gasteiger partial charge in [-0.25, -0.2) is 17.2 Å². The van der Waals surface area contributed by atoms with Crippen molar-refractivity contribution in [2.45, 2.75) is 24.7 Å². The molecule has 0 amide bonds. The lowest BCUT2D eigenvalue weighted by Crippen LogP contribution is -2.09. The minimum atomic E-state index is -3.55. The van der Waals surface area contributed by atoms with Gasteiger partial charge in [0.15, 0.2) is 9.84 Å². The Morgan fingerprint density at radius 1 is 1.20 bits per heavy atom. The zero-order valence-corrected chi connectivity index (χ0v) is 9.10. The third-order valence-electron chi connectivity index (χ3n) is 1.98. The number of benzene rings is 1. The van der Waals surface area contributed by atoms with E-state index in [1.54, 1.807) is 12.1 Å². The van der Waals surface area contributed by atoms with E-state index >= 15 is 0 Å². The lowest BCUT2D eigenvalue weighted by Gasteiger charge is -2.04. The second-order valence-corrected chi connectivity index (χ2v) is 5.42. The Labute approximate surface area is 87.8 Å². The van der Waals surface area contributed by atoms with Gasteiger partial charge in [-0.15, -0.1) is 0 Å². The molecule has 1 aromatic rings. The van der Waals surface area contributed by atoms with Crippen molar-refractivity contribution in [3.63, 3.8) is 0 Å². The van der Waals surface area contributed by atoms with Crippen LogP contribution in [0.4, 0.5) is 8.78 Å². The highest BCUT2D eigenvalue weighted by molar-refractivity contribution is 7.91. The smallest absolute Gasteiger partial charge is 0.224 e. The van der Waals surface area contributed by atoms with Crippen molar-refractivity contribution in [1.29, 1.82) is 0 Å². The molecule has 0 aliphatic carbocycles. The SMILES string of the molecule is Cc1ccc(S(=O)(=O)CCC(F)F)cc1. The molecule has 0 radical (unpaired) electrons. The Kier molecular flexibility index (Phi) is 3.79. The third-order valence-corrected chi connectivity index (χ3v) is 3.75. The van der Waals surface area contributed by atoms with Gasteiger partial charge < -0.3 is 0 Å². The maximum atomic E-state index is 11.9. The summed E-state index contributed by atoms with van der Waals surface area (Å²) in [4.78, 5) is 0.105. The molecular weight excluding hydrogens is 222 g/mol. The van der Waals surface area contributed by atoms with Gasteiger partial charge >= 0.3 is 0 Å². The van der Waals surface area contributed by atoms with E-state index in [0.29, 0.717) is 0 Å². The summed E-state index contributed by atoms with van der Waals surface area (Å²) in [6.45, 7) is 1.83. The fraction of sp³-hybridized carbons (Fsp3) is 0.400. The summed E-state index contributed by atoms with van der Waals surface area (Å²) in [7, 11) is -3.55. The number of rotatable bonds is 4. The first kappa shape index (κ1) is 12.1. The van der Waals surface area contributed by atoms with Crippen LogP contribution >= 0.6 is 0 Å². The van der Waals surface area contributed by atoms with E-state index in [2.05, 4.69) is 0 Å². The highest BCUT2D eigenvalue weighted by Gasteiger charge is 2.16. The van der Waals surface area contributed by atoms with Gasteiger partial charge in [0.1, 0.15) is 0 Å². The summed E-state index contributed by atoms with van der Waals surface area (Å²) in [6.07, 6.45) is -3.19. The predicted octanol–water partition coefficient (Wildman–Crippen LogP) is 2.42. The van der Waals surface area contributed by atoms with Crippen LogP contribution < -0.4 is 0 Å². The topological polar surface area (TPSA) is 34.1 Å². The lowest BCUT2D eigenvalue weighted by molar-refractivity contribution is 0.145. The normalized spacial score (nSPS) is 12.0. The second-order valence-electron chi connectivity index (χ2n) is 3.31. The molecule has 0 aliphatic heterocycles. The largest absolute Gasteiger partial charge is 0.239 e. The van der Waals surface area contributed by atoms with Crippen molar-refractivity contribution in [3.8, 4) is 0 Å². The predicted molar refractivity (Wildman–Crippen MR) is 53.9 cm³/mol. The van der Waals surface area contributed by atoms with Crippen LogP contribution in [0.5, 0.6) is 0 Å². The molecule has 84 valence electrons. The number of aryl methyl sites for hydroxylation is 1. The molecule has 0 aromatic heterocycles. The molecule has 0 N–H and O–H groups in total. The molecular formula is C10H12F2O2S. The Hall–Kier alpha value is -0.970. The highest BCUT2D eigenvalue weighted by Crippen LogP contribution is 2.14. The van der Waals surface area contributed by atoms with Crippen molar-refractivity contribution in [2.24, 2.45) is 0 Å². The van der Waals surface area contributed by atoms with Crippen molar-refractivity contribution in [2.75, 3.05) is 5.75 Å². The van der Waals surface area contributed by atoms with E-state index in [1.807, 2.05) is 6.92 Å². The lowest BCUT2D eigenvalue weighted by atomic mass is 10.2. The molecule has 0 unspecified atom stereocenters. The Balaban J connectivity index is 2.82. The van der Waals surface area contributed by atoms with E-state index < -0.39 is 28.4 Å². The zero-order valence-electron chi connectivity index (χ0n) is 8.28. The average Bonchev–Trinajstić information content (AvgIpc) is 2.16. The molecule has 0 spiro atoms. The summed E-state index contributed by atoms with van der Waals surface area (Å²) in [5, 5.41) is 0. The van der Waals surface area contributed by atoms with Gasteiger partial charge in [0.25, 0.3) is 0 Å². The summed E-state index contributed by atoms with van der Waals surface area (Å²) in [5.41, 5.74) is 0.933. The maximum Gasteiger partial charge on any atom is 0.239 e. The molecule has 0 saturated heterocycles. The van der Waals surface area contributed by atoms with Gasteiger partial charge in [-0.3, -0.25) is 0 Å². The molecule has 0 heterocycles. The highest BCUT2D eigenvalue weighted by atomic mass is 32.2. The number of hydrogen-bond donors (Lipinski definition) is 0. The fourth-order valence-corrected chi connectivity index (χ4v) is 2.38. The summed E-state index contributed by atoms with van der Waals surface area (Å²) in [6, 6.07) is 6.18. The van der Waals surface area contributed by atoms with Crippen LogP contribution in [0.1, 0.15) is 12.0 Å². The standard InChI is InChI=1S/C10H12F2O2S/c1-8-2-4-9(5-3-8)15(13,14)7-6-10(11)12/h2-5,10H,6-7H2,1H3. The first-order valence-electron chi connectivity index (χ1n) is 4.49. The molecule has 0 bridgehead atoms. The van der Waals surface area contributed by atoms with Crippen LogP contribution in [0.25, 0.3) is 0 Å². The van der Waals surface area contributed by atoms with Crippen LogP contribution in [0, 0.1) is 6.92 Å². The van der Waals surface area contributed by atoms with Crippen molar-refractivity contribution in [1.82, 2.24) is 0 Å². The Morgan fingerprint density at radius 2 is 1.73 bits per heavy atom. The monoisotopic (exact) mass is 234 g/mol. The van der Waals surface area contributed by atoms with Crippen LogP contribution in [0.2, 0.25) is 0 Å². The average molecular weight is 234 g/mol. The Bertz CT molecular complexity index is 410. The minimum absolute atomic E-state index is 0.105. The Morgan fingerprint density at radius 3 is 2.20 bits per heavy atom. The second kappa shape index (κ2) is 4.70. The summed E-state index contributed by atoms with van der Waals surface area (Å²) in [5.74, 6) is -0.506. The van der Waals surface area contributed by atoms with E-state index in [4.69, 9.17) is 0 Å². The third kappa shape index (κ3) is 3.58. The summed E-state index contributed by atoms with van der Waals surface area (Å²) >= 11 is 0. The molecule has 0 atom stereocenters. The van der Waals surface area contributed by atoms with E-state index in [1.165, 1.54) is 12.1 Å². The first-order valence-corrected chi connectivity index (χ1v) is 6.14. The fourth-order valence-electron chi connectivity index (χ4n) is 1.11. The first-order chi connectivity index (χ1) is 6.92. The number of hydrogen-bond acceptors (Lipinski definition) is 2. The molecule has 0 fully saturated rings. The molecule has 1 aromatic carbocycles. The van der Waals surface area contributed by atoms with E-state index in [9.17, 15) is 17.2 Å². The zero-order chi connectivity index (χ0) is 11.5. The maximum absolute atomic E-state index is 11.9. The minimum Gasteiger partial charge on any atom is -0.224 e. The van der Waals surface area contributed by atoms with E-state index in [0.717, 1.165) is 5.56 Å². The van der Waals surface area contributed by atoms with Gasteiger partial charge in [0.2, 0.25) is 6.43 Å². The van der Waals surface area contributed by atoms with Gasteiger partial charge in [-0.05, 0) is 19.1 Å². The van der Waals surface area contributed by atoms with Gasteiger partial charge in [0, 0.05) is 6.42 Å². The molecule has 15 heavy (non-hydrogen) atoms. The van der Waals surface area contributed by atoms with E-state index in [-0.39, 0.29) is 4.90 Å². The van der Waals surface area contributed by atoms with Crippen molar-refractivity contribution in [3.05, 3.63) is 29.8 Å². The van der Waals surface area contributed by atoms with Crippen LogP contribution in [-0.2, 0) is 9.84 Å². The van der Waals surface area contributed by atoms with Gasteiger partial charge in [-0.2, -0.15) is 0 Å². The molecule has 2 nitrogen and oxygen atoms in total. The van der Waals surface area contributed by atoms with Gasteiger partial charge in [0.05, 0.1) is 10.6 Å². The van der Waals surface area contributed by atoms with Crippen molar-refractivity contribution >= 4 is 9.84 Å².